The first kappa shape index (κ1) is 16.5. The molecule has 1 saturated heterocycles. The van der Waals surface area contributed by atoms with E-state index in [4.69, 9.17) is 4.74 Å². The number of imidazole rings is 1. The van der Waals surface area contributed by atoms with Gasteiger partial charge in [-0.25, -0.2) is 4.98 Å². The maximum absolute atomic E-state index is 10.4. The molecule has 2 rings (SSSR count). The van der Waals surface area contributed by atoms with Gasteiger partial charge in [-0.1, -0.05) is 13.3 Å². The number of ether oxygens (including phenoxy) is 1. The van der Waals surface area contributed by atoms with E-state index in [2.05, 4.69) is 16.8 Å². The molecule has 1 aliphatic heterocycles. The van der Waals surface area contributed by atoms with Crippen molar-refractivity contribution in [2.75, 3.05) is 32.8 Å². The quantitative estimate of drug-likeness (QED) is 0.745. The number of rotatable bonds is 8. The summed E-state index contributed by atoms with van der Waals surface area (Å²) in [6.07, 6.45) is 7.61. The number of likely N-dealkylation sites (tertiary alicyclic amines) is 1. The number of aryl methyl sites for hydroxylation is 1. The molecule has 120 valence electrons. The van der Waals surface area contributed by atoms with Gasteiger partial charge in [0.15, 0.2) is 0 Å². The summed E-state index contributed by atoms with van der Waals surface area (Å²) in [5.41, 5.74) is 0. The molecule has 1 N–H and O–H groups in total. The summed E-state index contributed by atoms with van der Waals surface area (Å²) >= 11 is 0. The van der Waals surface area contributed by atoms with Crippen molar-refractivity contribution in [1.29, 1.82) is 0 Å². The fraction of sp³-hybridized carbons (Fsp3) is 0.812. The average Bonchev–Trinajstić information content (AvgIpc) is 2.93. The highest BCUT2D eigenvalue weighted by Gasteiger charge is 2.28. The van der Waals surface area contributed by atoms with E-state index in [1.54, 1.807) is 6.20 Å². The van der Waals surface area contributed by atoms with Crippen LogP contribution in [0.3, 0.4) is 0 Å². The highest BCUT2D eigenvalue weighted by atomic mass is 16.5. The van der Waals surface area contributed by atoms with Crippen LogP contribution in [-0.4, -0.2) is 52.4 Å². The third-order valence-electron chi connectivity index (χ3n) is 4.40. The second-order valence-corrected chi connectivity index (χ2v) is 5.99. The third kappa shape index (κ3) is 4.80. The van der Waals surface area contributed by atoms with Crippen LogP contribution in [0.15, 0.2) is 12.4 Å². The number of nitrogens with zero attached hydrogens (tertiary/aromatic N) is 3. The lowest BCUT2D eigenvalue weighted by molar-refractivity contribution is 0.0383. The largest absolute Gasteiger partial charge is 0.385 e. The zero-order chi connectivity index (χ0) is 15.1. The van der Waals surface area contributed by atoms with E-state index >= 15 is 0 Å². The Morgan fingerprint density at radius 1 is 1.38 bits per heavy atom. The zero-order valence-electron chi connectivity index (χ0n) is 13.4. The molecular weight excluding hydrogens is 266 g/mol. The second-order valence-electron chi connectivity index (χ2n) is 5.99. The van der Waals surface area contributed by atoms with E-state index in [-0.39, 0.29) is 0 Å². The van der Waals surface area contributed by atoms with Crippen molar-refractivity contribution in [3.8, 4) is 0 Å². The van der Waals surface area contributed by atoms with Crippen molar-refractivity contribution in [3.05, 3.63) is 18.2 Å². The fourth-order valence-corrected chi connectivity index (χ4v) is 2.91. The summed E-state index contributed by atoms with van der Waals surface area (Å²) in [6, 6.07) is 0. The molecule has 1 unspecified atom stereocenters. The van der Waals surface area contributed by atoms with E-state index in [1.165, 1.54) is 6.42 Å². The van der Waals surface area contributed by atoms with Gasteiger partial charge in [0.25, 0.3) is 0 Å². The number of piperidine rings is 1. The van der Waals surface area contributed by atoms with Gasteiger partial charge in [0.1, 0.15) is 11.9 Å². The summed E-state index contributed by atoms with van der Waals surface area (Å²) in [5.74, 6) is 1.11. The van der Waals surface area contributed by atoms with Gasteiger partial charge < -0.3 is 19.3 Å². The molecular formula is C16H29N3O2. The van der Waals surface area contributed by atoms with Crippen LogP contribution in [0.1, 0.15) is 44.5 Å². The normalized spacial score (nSPS) is 19.0. The molecule has 0 saturated carbocycles. The van der Waals surface area contributed by atoms with E-state index < -0.39 is 6.10 Å². The van der Waals surface area contributed by atoms with E-state index in [1.807, 2.05) is 17.8 Å². The molecule has 0 radical (unpaired) electrons. The van der Waals surface area contributed by atoms with E-state index in [0.29, 0.717) is 5.92 Å². The maximum Gasteiger partial charge on any atom is 0.137 e. The molecule has 0 bridgehead atoms. The van der Waals surface area contributed by atoms with Crippen LogP contribution in [0.4, 0.5) is 0 Å². The van der Waals surface area contributed by atoms with Crippen molar-refractivity contribution in [2.45, 2.75) is 38.7 Å². The van der Waals surface area contributed by atoms with Gasteiger partial charge in [0.05, 0.1) is 6.61 Å². The van der Waals surface area contributed by atoms with Crippen LogP contribution in [0, 0.1) is 5.92 Å². The Morgan fingerprint density at radius 2 is 2.14 bits per heavy atom. The molecule has 1 aliphatic rings. The van der Waals surface area contributed by atoms with Gasteiger partial charge >= 0.3 is 0 Å². The third-order valence-corrected chi connectivity index (χ3v) is 4.40. The van der Waals surface area contributed by atoms with Gasteiger partial charge in [0.2, 0.25) is 0 Å². The molecule has 1 aromatic heterocycles. The van der Waals surface area contributed by atoms with Crippen molar-refractivity contribution in [3.63, 3.8) is 0 Å². The molecule has 1 atom stereocenters. The van der Waals surface area contributed by atoms with Gasteiger partial charge in [-0.3, -0.25) is 0 Å². The number of hydrogen-bond donors (Lipinski definition) is 1. The Morgan fingerprint density at radius 3 is 2.76 bits per heavy atom. The Hall–Kier alpha value is -0.910. The molecule has 0 aromatic carbocycles. The fourth-order valence-electron chi connectivity index (χ4n) is 2.91. The first-order valence-electron chi connectivity index (χ1n) is 8.17. The summed E-state index contributed by atoms with van der Waals surface area (Å²) in [7, 11) is 1.94. The number of aromatic nitrogens is 2. The smallest absolute Gasteiger partial charge is 0.137 e. The molecule has 21 heavy (non-hydrogen) atoms. The predicted molar refractivity (Wildman–Crippen MR) is 83.1 cm³/mol. The highest BCUT2D eigenvalue weighted by molar-refractivity contribution is 4.98. The molecule has 0 aliphatic carbocycles. The van der Waals surface area contributed by atoms with Crippen molar-refractivity contribution < 1.29 is 9.84 Å². The number of hydrogen-bond acceptors (Lipinski definition) is 4. The van der Waals surface area contributed by atoms with Crippen LogP contribution in [-0.2, 0) is 11.8 Å². The molecule has 1 aromatic rings. The predicted octanol–water partition coefficient (Wildman–Crippen LogP) is 1.98. The second kappa shape index (κ2) is 8.51. The van der Waals surface area contributed by atoms with Crippen molar-refractivity contribution in [2.24, 2.45) is 13.0 Å². The van der Waals surface area contributed by atoms with Crippen molar-refractivity contribution in [1.82, 2.24) is 14.5 Å². The Labute approximate surface area is 127 Å². The van der Waals surface area contributed by atoms with Crippen LogP contribution in [0.25, 0.3) is 0 Å². The maximum atomic E-state index is 10.4. The Kier molecular flexibility index (Phi) is 6.67. The van der Waals surface area contributed by atoms with Crippen molar-refractivity contribution >= 4 is 0 Å². The lowest BCUT2D eigenvalue weighted by atomic mass is 9.91. The van der Waals surface area contributed by atoms with Gasteiger partial charge in [-0.15, -0.1) is 0 Å². The molecule has 1 fully saturated rings. The first-order valence-corrected chi connectivity index (χ1v) is 8.17. The topological polar surface area (TPSA) is 50.5 Å². The number of aliphatic hydroxyl groups excluding tert-OH is 1. The summed E-state index contributed by atoms with van der Waals surface area (Å²) < 4.78 is 7.54. The number of unbranched alkanes of at least 4 members (excludes halogenated alkanes) is 1. The molecule has 5 heteroatoms. The van der Waals surface area contributed by atoms with Gasteiger partial charge in [-0.2, -0.15) is 0 Å². The minimum Gasteiger partial charge on any atom is -0.385 e. The minimum absolute atomic E-state index is 0.323. The SMILES string of the molecule is CCCCOCCN1CCC(C(O)c2nccn2C)CC1. The first-order chi connectivity index (χ1) is 10.2. The van der Waals surface area contributed by atoms with Crippen LogP contribution in [0.2, 0.25) is 0 Å². The Bertz CT molecular complexity index is 400. The van der Waals surface area contributed by atoms with E-state index in [0.717, 1.165) is 57.9 Å². The Balaban J connectivity index is 1.67. The average molecular weight is 295 g/mol. The molecule has 2 heterocycles. The van der Waals surface area contributed by atoms with Crippen LogP contribution < -0.4 is 0 Å². The highest BCUT2D eigenvalue weighted by Crippen LogP contribution is 2.29. The number of aliphatic hydroxyl groups is 1. The monoisotopic (exact) mass is 295 g/mol. The lowest BCUT2D eigenvalue weighted by Gasteiger charge is -2.33. The van der Waals surface area contributed by atoms with Gasteiger partial charge in [-0.05, 0) is 38.3 Å². The molecule has 0 spiro atoms. The lowest BCUT2D eigenvalue weighted by Crippen LogP contribution is -2.38. The van der Waals surface area contributed by atoms with Crippen LogP contribution in [0.5, 0.6) is 0 Å². The standard InChI is InChI=1S/C16H29N3O2/c1-3-4-12-21-13-11-19-8-5-14(6-9-19)15(20)16-17-7-10-18(16)2/h7,10,14-15,20H,3-6,8-9,11-13H2,1-2H3. The van der Waals surface area contributed by atoms with E-state index in [9.17, 15) is 5.11 Å². The molecule has 0 amide bonds. The summed E-state index contributed by atoms with van der Waals surface area (Å²) in [6.45, 7) is 6.99. The summed E-state index contributed by atoms with van der Waals surface area (Å²) in [4.78, 5) is 6.71. The summed E-state index contributed by atoms with van der Waals surface area (Å²) in [5, 5.41) is 10.4. The van der Waals surface area contributed by atoms with Crippen LogP contribution >= 0.6 is 0 Å². The van der Waals surface area contributed by atoms with Gasteiger partial charge in [0, 0.05) is 32.6 Å². The molecule has 5 nitrogen and oxygen atoms in total. The minimum atomic E-state index is -0.437. The zero-order valence-corrected chi connectivity index (χ0v) is 13.4.